The van der Waals surface area contributed by atoms with Crippen LogP contribution in [0, 0.1) is 0 Å². The lowest BCUT2D eigenvalue weighted by atomic mass is 10.1. The fraction of sp³-hybridized carbons (Fsp3) is 0.267. The van der Waals surface area contributed by atoms with Crippen LogP contribution in [0.3, 0.4) is 0 Å². The first-order valence-electron chi connectivity index (χ1n) is 6.42. The van der Waals surface area contributed by atoms with Gasteiger partial charge in [0.25, 0.3) is 5.91 Å². The van der Waals surface area contributed by atoms with Gasteiger partial charge in [0, 0.05) is 25.6 Å². The second kappa shape index (κ2) is 6.48. The van der Waals surface area contributed by atoms with E-state index in [1.54, 1.807) is 30.4 Å². The zero-order valence-electron chi connectivity index (χ0n) is 11.5. The lowest BCUT2D eigenvalue weighted by molar-refractivity contribution is 0.0723. The van der Waals surface area contributed by atoms with Gasteiger partial charge in [-0.15, -0.1) is 0 Å². The molecule has 0 aliphatic heterocycles. The van der Waals surface area contributed by atoms with Crippen molar-refractivity contribution in [2.45, 2.75) is 19.4 Å². The first-order valence-corrected chi connectivity index (χ1v) is 6.80. The molecule has 0 aliphatic carbocycles. The van der Waals surface area contributed by atoms with E-state index >= 15 is 0 Å². The van der Waals surface area contributed by atoms with E-state index < -0.39 is 0 Å². The Balaban J connectivity index is 2.28. The topological polar surface area (TPSA) is 46.1 Å². The van der Waals surface area contributed by atoms with E-state index in [1.165, 1.54) is 6.20 Å². The maximum absolute atomic E-state index is 12.5. The van der Waals surface area contributed by atoms with E-state index in [0.29, 0.717) is 10.6 Å². The van der Waals surface area contributed by atoms with Crippen molar-refractivity contribution in [2.75, 3.05) is 7.05 Å². The summed E-state index contributed by atoms with van der Waals surface area (Å²) in [7, 11) is 1.77. The number of nitrogens with zero attached hydrogens (tertiary/aromatic N) is 3. The Hall–Kier alpha value is -1.94. The highest BCUT2D eigenvalue weighted by molar-refractivity contribution is 6.33. The van der Waals surface area contributed by atoms with Crippen LogP contribution in [-0.2, 0) is 0 Å². The van der Waals surface area contributed by atoms with Crippen molar-refractivity contribution in [1.82, 2.24) is 14.9 Å². The van der Waals surface area contributed by atoms with Crippen molar-refractivity contribution >= 4 is 17.5 Å². The maximum Gasteiger partial charge on any atom is 0.255 e. The van der Waals surface area contributed by atoms with Gasteiger partial charge in [-0.3, -0.25) is 14.8 Å². The minimum atomic E-state index is -0.130. The number of rotatable bonds is 4. The van der Waals surface area contributed by atoms with Crippen LogP contribution in [0.1, 0.15) is 35.4 Å². The monoisotopic (exact) mass is 289 g/mol. The zero-order valence-corrected chi connectivity index (χ0v) is 12.2. The summed E-state index contributed by atoms with van der Waals surface area (Å²) in [5, 5.41) is 0.361. The molecule has 104 valence electrons. The minimum Gasteiger partial charge on any atom is -0.333 e. The molecule has 1 atom stereocenters. The normalized spacial score (nSPS) is 11.9. The van der Waals surface area contributed by atoms with Gasteiger partial charge in [-0.25, -0.2) is 0 Å². The van der Waals surface area contributed by atoms with Gasteiger partial charge in [-0.2, -0.15) is 0 Å². The van der Waals surface area contributed by atoms with E-state index in [1.807, 2.05) is 25.1 Å². The van der Waals surface area contributed by atoms with Gasteiger partial charge in [0.1, 0.15) is 0 Å². The van der Waals surface area contributed by atoms with Crippen LogP contribution in [0.2, 0.25) is 5.02 Å². The van der Waals surface area contributed by atoms with E-state index in [4.69, 9.17) is 11.6 Å². The molecule has 0 radical (unpaired) electrons. The van der Waals surface area contributed by atoms with Crippen LogP contribution >= 0.6 is 11.6 Å². The molecule has 1 amide bonds. The van der Waals surface area contributed by atoms with Crippen LogP contribution in [0.25, 0.3) is 0 Å². The van der Waals surface area contributed by atoms with Crippen molar-refractivity contribution in [3.63, 3.8) is 0 Å². The Morgan fingerprint density at radius 3 is 2.75 bits per heavy atom. The Bertz CT molecular complexity index is 589. The Labute approximate surface area is 123 Å². The summed E-state index contributed by atoms with van der Waals surface area (Å²) in [6, 6.07) is 7.26. The van der Waals surface area contributed by atoms with E-state index in [0.717, 1.165) is 12.1 Å². The number of hydrogen-bond acceptors (Lipinski definition) is 3. The molecule has 2 aromatic heterocycles. The van der Waals surface area contributed by atoms with Crippen LogP contribution in [-0.4, -0.2) is 27.8 Å². The first-order chi connectivity index (χ1) is 9.65. The third-order valence-corrected chi connectivity index (χ3v) is 3.51. The highest BCUT2D eigenvalue weighted by Gasteiger charge is 2.23. The van der Waals surface area contributed by atoms with E-state index in [9.17, 15) is 4.79 Å². The number of carbonyl (C=O) groups is 1. The molecule has 0 saturated heterocycles. The molecule has 0 spiro atoms. The third kappa shape index (κ3) is 2.96. The molecule has 0 aromatic carbocycles. The molecule has 20 heavy (non-hydrogen) atoms. The summed E-state index contributed by atoms with van der Waals surface area (Å²) in [5.41, 5.74) is 1.33. The van der Waals surface area contributed by atoms with Crippen molar-refractivity contribution in [1.29, 1.82) is 0 Å². The van der Waals surface area contributed by atoms with E-state index in [2.05, 4.69) is 9.97 Å². The molecule has 0 N–H and O–H groups in total. The van der Waals surface area contributed by atoms with Crippen LogP contribution in [0.4, 0.5) is 0 Å². The summed E-state index contributed by atoms with van der Waals surface area (Å²) >= 11 is 6.03. The van der Waals surface area contributed by atoms with Gasteiger partial charge < -0.3 is 4.90 Å². The van der Waals surface area contributed by atoms with Gasteiger partial charge in [-0.05, 0) is 24.6 Å². The second-order valence-corrected chi connectivity index (χ2v) is 4.86. The molecule has 2 rings (SSSR count). The molecule has 0 aliphatic rings. The van der Waals surface area contributed by atoms with Crippen molar-refractivity contribution in [2.24, 2.45) is 0 Å². The number of aromatic nitrogens is 2. The average Bonchev–Trinajstić information content (AvgIpc) is 2.49. The standard InChI is InChI=1S/C15H16ClN3O/c1-3-14(13-6-4-5-8-18-13)19(2)15(20)11-7-9-17-10-12(11)16/h4-10,14H,3H2,1-2H3. The minimum absolute atomic E-state index is 0.0760. The molecule has 4 nitrogen and oxygen atoms in total. The molecule has 2 aromatic rings. The van der Waals surface area contributed by atoms with Crippen LogP contribution < -0.4 is 0 Å². The van der Waals surface area contributed by atoms with Crippen molar-refractivity contribution in [3.05, 3.63) is 59.1 Å². The predicted octanol–water partition coefficient (Wildman–Crippen LogP) is 3.35. The van der Waals surface area contributed by atoms with Crippen molar-refractivity contribution < 1.29 is 4.79 Å². The largest absolute Gasteiger partial charge is 0.333 e. The smallest absolute Gasteiger partial charge is 0.255 e. The maximum atomic E-state index is 12.5. The molecule has 5 heteroatoms. The number of halogens is 1. The molecule has 1 unspecified atom stereocenters. The molecular weight excluding hydrogens is 274 g/mol. The number of hydrogen-bond donors (Lipinski definition) is 0. The summed E-state index contributed by atoms with van der Waals surface area (Å²) in [6.45, 7) is 2.03. The van der Waals surface area contributed by atoms with Gasteiger partial charge >= 0.3 is 0 Å². The highest BCUT2D eigenvalue weighted by atomic mass is 35.5. The average molecular weight is 290 g/mol. The van der Waals surface area contributed by atoms with Crippen LogP contribution in [0.5, 0.6) is 0 Å². The van der Waals surface area contributed by atoms with Gasteiger partial charge in [0.2, 0.25) is 0 Å². The highest BCUT2D eigenvalue weighted by Crippen LogP contribution is 2.24. The Morgan fingerprint density at radius 2 is 2.15 bits per heavy atom. The van der Waals surface area contributed by atoms with E-state index in [-0.39, 0.29) is 11.9 Å². The quantitative estimate of drug-likeness (QED) is 0.867. The van der Waals surface area contributed by atoms with Gasteiger partial charge in [0.05, 0.1) is 22.3 Å². The lowest BCUT2D eigenvalue weighted by Gasteiger charge is -2.27. The number of pyridine rings is 2. The zero-order chi connectivity index (χ0) is 14.5. The summed E-state index contributed by atoms with van der Waals surface area (Å²) in [6.07, 6.45) is 5.55. The summed E-state index contributed by atoms with van der Waals surface area (Å²) < 4.78 is 0. The summed E-state index contributed by atoms with van der Waals surface area (Å²) in [4.78, 5) is 22.4. The predicted molar refractivity (Wildman–Crippen MR) is 78.6 cm³/mol. The Morgan fingerprint density at radius 1 is 1.35 bits per heavy atom. The molecular formula is C15H16ClN3O. The van der Waals surface area contributed by atoms with Gasteiger partial charge in [-0.1, -0.05) is 24.6 Å². The van der Waals surface area contributed by atoms with Crippen molar-refractivity contribution in [3.8, 4) is 0 Å². The fourth-order valence-electron chi connectivity index (χ4n) is 2.13. The molecule has 0 saturated carbocycles. The van der Waals surface area contributed by atoms with Gasteiger partial charge in [0.15, 0.2) is 0 Å². The fourth-order valence-corrected chi connectivity index (χ4v) is 2.33. The lowest BCUT2D eigenvalue weighted by Crippen LogP contribution is -2.31. The molecule has 0 bridgehead atoms. The van der Waals surface area contributed by atoms with Crippen LogP contribution in [0.15, 0.2) is 42.9 Å². The molecule has 2 heterocycles. The molecule has 0 fully saturated rings. The third-order valence-electron chi connectivity index (χ3n) is 3.21. The Kier molecular flexibility index (Phi) is 4.69. The number of amides is 1. The first kappa shape index (κ1) is 14.5. The SMILES string of the molecule is CCC(c1ccccn1)N(C)C(=O)c1ccncc1Cl. The summed E-state index contributed by atoms with van der Waals surface area (Å²) in [5.74, 6) is -0.130. The number of carbonyl (C=O) groups excluding carboxylic acids is 1. The second-order valence-electron chi connectivity index (χ2n) is 4.45.